The van der Waals surface area contributed by atoms with E-state index >= 15 is 0 Å². The van der Waals surface area contributed by atoms with Crippen LogP contribution in [0.1, 0.15) is 48.7 Å². The number of phenols is 1. The maximum atomic E-state index is 14.1. The second-order valence-corrected chi connectivity index (χ2v) is 13.1. The van der Waals surface area contributed by atoms with E-state index in [0.29, 0.717) is 29.0 Å². The quantitative estimate of drug-likeness (QED) is 0.268. The minimum absolute atomic E-state index is 0.00748. The molecule has 0 unspecified atom stereocenters. The zero-order valence-corrected chi connectivity index (χ0v) is 25.7. The van der Waals surface area contributed by atoms with Gasteiger partial charge in [0.25, 0.3) is 5.91 Å². The topological polar surface area (TPSA) is 183 Å². The van der Waals surface area contributed by atoms with Crippen molar-refractivity contribution < 1.29 is 39.5 Å². The van der Waals surface area contributed by atoms with Gasteiger partial charge in [-0.15, -0.1) is 0 Å². The van der Waals surface area contributed by atoms with Crippen LogP contribution < -0.4 is 15.8 Å². The monoisotopic (exact) mass is 605 g/mol. The maximum Gasteiger partial charge on any atom is 0.255 e. The van der Waals surface area contributed by atoms with Gasteiger partial charge in [0, 0.05) is 29.1 Å². The van der Waals surface area contributed by atoms with Crippen LogP contribution in [0.3, 0.4) is 0 Å². The molecule has 0 saturated carbocycles. The molecule has 0 fully saturated rings. The molecule has 0 spiro atoms. The van der Waals surface area contributed by atoms with Gasteiger partial charge in [0.05, 0.1) is 18.7 Å². The number of hydrogen-bond acceptors (Lipinski definition) is 10. The molecule has 4 atom stereocenters. The van der Waals surface area contributed by atoms with E-state index in [-0.39, 0.29) is 35.3 Å². The van der Waals surface area contributed by atoms with Crippen LogP contribution in [0, 0.1) is 11.8 Å². The van der Waals surface area contributed by atoms with Gasteiger partial charge in [0.2, 0.25) is 5.78 Å². The van der Waals surface area contributed by atoms with Crippen LogP contribution in [0.2, 0.25) is 0 Å². The molecule has 44 heavy (non-hydrogen) atoms. The smallest absolute Gasteiger partial charge is 0.255 e. The van der Waals surface area contributed by atoms with E-state index in [4.69, 9.17) is 10.5 Å². The predicted molar refractivity (Wildman–Crippen MR) is 162 cm³/mol. The van der Waals surface area contributed by atoms with Gasteiger partial charge in [-0.25, -0.2) is 0 Å². The summed E-state index contributed by atoms with van der Waals surface area (Å²) in [5.41, 5.74) is 4.38. The number of nitrogens with one attached hydrogen (secondary N) is 1. The fourth-order valence-electron chi connectivity index (χ4n) is 6.95. The van der Waals surface area contributed by atoms with Crippen molar-refractivity contribution in [3.8, 4) is 22.6 Å². The number of aliphatic hydroxyl groups excluding tert-OH is 2. The largest absolute Gasteiger partial charge is 0.510 e. The number of benzene rings is 2. The molecule has 7 N–H and O–H groups in total. The van der Waals surface area contributed by atoms with Gasteiger partial charge in [-0.3, -0.25) is 19.3 Å². The lowest BCUT2D eigenvalue weighted by Gasteiger charge is -2.50. The molecule has 1 amide bonds. The maximum absolute atomic E-state index is 14.1. The molecule has 0 radical (unpaired) electrons. The lowest BCUT2D eigenvalue weighted by molar-refractivity contribution is -0.148. The van der Waals surface area contributed by atoms with Crippen LogP contribution in [0.25, 0.3) is 11.1 Å². The Kier molecular flexibility index (Phi) is 7.64. The van der Waals surface area contributed by atoms with E-state index in [0.717, 1.165) is 5.56 Å². The van der Waals surface area contributed by atoms with E-state index in [1.165, 1.54) is 11.0 Å². The van der Waals surface area contributed by atoms with E-state index < -0.39 is 58.0 Å². The van der Waals surface area contributed by atoms with Crippen molar-refractivity contribution in [2.24, 2.45) is 17.6 Å². The van der Waals surface area contributed by atoms with Crippen LogP contribution in [0.4, 0.5) is 0 Å². The number of nitrogens with two attached hydrogens (primary N) is 1. The first-order chi connectivity index (χ1) is 20.5. The van der Waals surface area contributed by atoms with Crippen molar-refractivity contribution >= 4 is 17.5 Å². The lowest BCUT2D eigenvalue weighted by Crippen LogP contribution is -2.63. The molecule has 11 nitrogen and oxygen atoms in total. The number of ketones is 2. The van der Waals surface area contributed by atoms with Crippen molar-refractivity contribution in [2.45, 2.75) is 57.3 Å². The Balaban J connectivity index is 1.68. The standard InChI is InChI=1S/C33H39N3O8/c1-32(2,3)35-14-15-7-10-22(44-6)18(11-15)17-8-9-21(37)24-19(17)12-16-13-20-26(36(4)5)28(39)25(31(34)42)30(41)33(20,43)29(40)23(16)27(24)38/h7-11,16,20,26,35,37,39-40,43H,12-14H2,1-6H3,(H2,34,42)/t16-,20-,26-,33-/m0/s1. The Hall–Kier alpha value is -4.19. The summed E-state index contributed by atoms with van der Waals surface area (Å²) >= 11 is 0. The van der Waals surface area contributed by atoms with Crippen molar-refractivity contribution in [1.29, 1.82) is 0 Å². The third-order valence-corrected chi connectivity index (χ3v) is 8.98. The predicted octanol–water partition coefficient (Wildman–Crippen LogP) is 2.68. The highest BCUT2D eigenvalue weighted by molar-refractivity contribution is 6.25. The Morgan fingerprint density at radius 2 is 1.80 bits per heavy atom. The van der Waals surface area contributed by atoms with Gasteiger partial charge in [0.1, 0.15) is 28.6 Å². The molecule has 0 aliphatic heterocycles. The fraction of sp³-hybridized carbons (Fsp3) is 0.424. The first-order valence-corrected chi connectivity index (χ1v) is 14.4. The Labute approximate surface area is 255 Å². The first kappa shape index (κ1) is 31.2. The van der Waals surface area contributed by atoms with Gasteiger partial charge < -0.3 is 36.2 Å². The normalized spacial score (nSPS) is 25.1. The van der Waals surface area contributed by atoms with Gasteiger partial charge in [-0.2, -0.15) is 0 Å². The summed E-state index contributed by atoms with van der Waals surface area (Å²) in [5.74, 6) is -6.31. The zero-order chi connectivity index (χ0) is 32.5. The number of aliphatic hydroxyl groups is 3. The van der Waals surface area contributed by atoms with Crippen LogP contribution in [-0.4, -0.2) is 81.2 Å². The third kappa shape index (κ3) is 4.75. The minimum Gasteiger partial charge on any atom is -0.510 e. The van der Waals surface area contributed by atoms with Crippen LogP contribution in [-0.2, 0) is 22.6 Å². The van der Waals surface area contributed by atoms with Gasteiger partial charge >= 0.3 is 0 Å². The highest BCUT2D eigenvalue weighted by Crippen LogP contribution is 2.53. The molecule has 2 aromatic rings. The molecule has 3 aliphatic carbocycles. The number of aromatic hydroxyl groups is 1. The Morgan fingerprint density at radius 3 is 2.39 bits per heavy atom. The number of likely N-dealkylation sites (N-methyl/N-ethyl adjacent to an activating group) is 1. The molecule has 2 aromatic carbocycles. The SMILES string of the molecule is COc1ccc(CNC(C)(C)C)cc1-c1ccc(O)c2c1C[C@H]1C[C@H]3[C@H](N(C)C)C(O)=C(C(N)=O)C(=O)[C@@]3(O)C(O)=C1C2=O. The number of nitrogens with zero attached hydrogens (tertiary/aromatic N) is 1. The highest BCUT2D eigenvalue weighted by atomic mass is 16.5. The summed E-state index contributed by atoms with van der Waals surface area (Å²) in [6.07, 6.45) is 0.180. The number of amides is 1. The highest BCUT2D eigenvalue weighted by Gasteiger charge is 2.63. The molecule has 0 bridgehead atoms. The molecule has 0 heterocycles. The summed E-state index contributed by atoms with van der Waals surface area (Å²) in [7, 11) is 4.74. The average Bonchev–Trinajstić information content (AvgIpc) is 2.93. The van der Waals surface area contributed by atoms with Gasteiger partial charge in [0.15, 0.2) is 11.4 Å². The molecule has 3 aliphatic rings. The first-order valence-electron chi connectivity index (χ1n) is 14.4. The van der Waals surface area contributed by atoms with E-state index in [1.54, 1.807) is 27.3 Å². The number of primary amides is 1. The van der Waals surface area contributed by atoms with Crippen LogP contribution in [0.5, 0.6) is 11.5 Å². The van der Waals surface area contributed by atoms with Crippen molar-refractivity contribution in [3.05, 3.63) is 69.7 Å². The van der Waals surface area contributed by atoms with Crippen molar-refractivity contribution in [1.82, 2.24) is 10.2 Å². The van der Waals surface area contributed by atoms with Crippen LogP contribution >= 0.6 is 0 Å². The fourth-order valence-corrected chi connectivity index (χ4v) is 6.95. The number of fused-ring (bicyclic) bond motifs is 3. The number of Topliss-reactive ketones (excluding diaryl/α,β-unsaturated/α-hetero) is 2. The molecule has 234 valence electrons. The molecule has 0 saturated heterocycles. The second kappa shape index (κ2) is 10.8. The number of rotatable bonds is 6. The van der Waals surface area contributed by atoms with Crippen molar-refractivity contribution in [2.75, 3.05) is 21.2 Å². The minimum atomic E-state index is -2.69. The average molecular weight is 606 g/mol. The molecule has 5 rings (SSSR count). The van der Waals surface area contributed by atoms with Gasteiger partial charge in [-0.1, -0.05) is 12.1 Å². The number of phenolic OH excluding ortho intramolecular Hbond substituents is 1. The van der Waals surface area contributed by atoms with Crippen molar-refractivity contribution in [3.63, 3.8) is 0 Å². The molecule has 0 aromatic heterocycles. The number of carbonyl (C=O) groups excluding carboxylic acids is 3. The number of ether oxygens (including phenoxy) is 1. The summed E-state index contributed by atoms with van der Waals surface area (Å²) in [4.78, 5) is 41.3. The zero-order valence-electron chi connectivity index (χ0n) is 25.7. The Bertz CT molecular complexity index is 1650. The number of hydrogen-bond donors (Lipinski definition) is 6. The van der Waals surface area contributed by atoms with Crippen LogP contribution in [0.15, 0.2) is 53.0 Å². The number of methoxy groups -OCH3 is 1. The Morgan fingerprint density at radius 1 is 1.11 bits per heavy atom. The number of carbonyl (C=O) groups is 3. The summed E-state index contributed by atoms with van der Waals surface area (Å²) < 4.78 is 5.69. The molecule has 11 heteroatoms. The van der Waals surface area contributed by atoms with E-state index in [1.807, 2.05) is 18.2 Å². The lowest BCUT2D eigenvalue weighted by atomic mass is 9.58. The summed E-state index contributed by atoms with van der Waals surface area (Å²) in [6, 6.07) is 7.81. The number of allylic oxidation sites excluding steroid dienone is 1. The third-order valence-electron chi connectivity index (χ3n) is 8.98. The molecular weight excluding hydrogens is 566 g/mol. The summed E-state index contributed by atoms with van der Waals surface area (Å²) in [5, 5.41) is 48.7. The summed E-state index contributed by atoms with van der Waals surface area (Å²) in [6.45, 7) is 6.77. The van der Waals surface area contributed by atoms with Gasteiger partial charge in [-0.05, 0) is 88.5 Å². The molecular formula is C33H39N3O8. The second-order valence-electron chi connectivity index (χ2n) is 13.1. The van der Waals surface area contributed by atoms with E-state index in [9.17, 15) is 34.8 Å². The van der Waals surface area contributed by atoms with E-state index in [2.05, 4.69) is 26.1 Å².